The molecule has 2 unspecified atom stereocenters. The van der Waals surface area contributed by atoms with Crippen molar-refractivity contribution in [3.63, 3.8) is 0 Å². The van der Waals surface area contributed by atoms with Gasteiger partial charge in [-0.1, -0.05) is 0 Å². The molecule has 98 valence electrons. The first-order chi connectivity index (χ1) is 8.58. The first kappa shape index (κ1) is 14.3. The standard InChI is InChI=1S/C13H15BrINO2/c1-8(12-3-2-6-18-12)16-13(17)10-7-9(15)4-5-11(10)14/h4-5,7-8,12H,2-3,6H2,1H3,(H,16,17). The monoisotopic (exact) mass is 423 g/mol. The lowest BCUT2D eigenvalue weighted by Crippen LogP contribution is -2.40. The summed E-state index contributed by atoms with van der Waals surface area (Å²) >= 11 is 5.61. The lowest BCUT2D eigenvalue weighted by Gasteiger charge is -2.20. The van der Waals surface area contributed by atoms with Gasteiger partial charge < -0.3 is 10.1 Å². The van der Waals surface area contributed by atoms with Crippen molar-refractivity contribution >= 4 is 44.4 Å². The van der Waals surface area contributed by atoms with E-state index in [0.29, 0.717) is 5.56 Å². The van der Waals surface area contributed by atoms with E-state index in [9.17, 15) is 4.79 Å². The second-order valence-corrected chi connectivity index (χ2v) is 6.54. The van der Waals surface area contributed by atoms with Crippen LogP contribution in [-0.2, 0) is 4.74 Å². The maximum Gasteiger partial charge on any atom is 0.252 e. The van der Waals surface area contributed by atoms with Crippen LogP contribution < -0.4 is 5.32 Å². The van der Waals surface area contributed by atoms with Crippen molar-refractivity contribution in [2.75, 3.05) is 6.61 Å². The van der Waals surface area contributed by atoms with Crippen LogP contribution in [0.1, 0.15) is 30.1 Å². The Balaban J connectivity index is 2.04. The van der Waals surface area contributed by atoms with Gasteiger partial charge in [-0.15, -0.1) is 0 Å². The van der Waals surface area contributed by atoms with Gasteiger partial charge in [-0.05, 0) is 76.5 Å². The van der Waals surface area contributed by atoms with Crippen LogP contribution in [0.4, 0.5) is 0 Å². The number of benzene rings is 1. The van der Waals surface area contributed by atoms with Gasteiger partial charge in [0.15, 0.2) is 0 Å². The molecule has 0 spiro atoms. The van der Waals surface area contributed by atoms with Crippen molar-refractivity contribution < 1.29 is 9.53 Å². The largest absolute Gasteiger partial charge is 0.376 e. The zero-order chi connectivity index (χ0) is 13.1. The van der Waals surface area contributed by atoms with Crippen LogP contribution in [0, 0.1) is 3.57 Å². The van der Waals surface area contributed by atoms with Crippen LogP contribution in [0.5, 0.6) is 0 Å². The maximum atomic E-state index is 12.2. The van der Waals surface area contributed by atoms with Gasteiger partial charge >= 0.3 is 0 Å². The second kappa shape index (κ2) is 6.34. The maximum absolute atomic E-state index is 12.2. The quantitative estimate of drug-likeness (QED) is 0.757. The Labute approximate surface area is 129 Å². The summed E-state index contributed by atoms with van der Waals surface area (Å²) in [6.07, 6.45) is 2.25. The summed E-state index contributed by atoms with van der Waals surface area (Å²) in [6, 6.07) is 5.78. The first-order valence-electron chi connectivity index (χ1n) is 5.95. The Morgan fingerprint density at radius 2 is 2.39 bits per heavy atom. The Morgan fingerprint density at radius 3 is 3.06 bits per heavy atom. The highest BCUT2D eigenvalue weighted by molar-refractivity contribution is 14.1. The third kappa shape index (κ3) is 3.45. The molecule has 1 N–H and O–H groups in total. The van der Waals surface area contributed by atoms with Crippen molar-refractivity contribution in [3.8, 4) is 0 Å². The molecule has 1 saturated heterocycles. The van der Waals surface area contributed by atoms with E-state index in [2.05, 4.69) is 43.8 Å². The van der Waals surface area contributed by atoms with Gasteiger partial charge in [0.05, 0.1) is 17.7 Å². The molecule has 1 heterocycles. The molecule has 1 aliphatic rings. The fourth-order valence-corrected chi connectivity index (χ4v) is 2.96. The molecular formula is C13H15BrINO2. The summed E-state index contributed by atoms with van der Waals surface area (Å²) in [4.78, 5) is 12.2. The average molecular weight is 424 g/mol. The zero-order valence-electron chi connectivity index (χ0n) is 10.1. The third-order valence-electron chi connectivity index (χ3n) is 3.05. The fraction of sp³-hybridized carbons (Fsp3) is 0.462. The van der Waals surface area contributed by atoms with E-state index >= 15 is 0 Å². The molecule has 2 rings (SSSR count). The molecule has 0 radical (unpaired) electrons. The van der Waals surface area contributed by atoms with Gasteiger partial charge in [0.1, 0.15) is 0 Å². The van der Waals surface area contributed by atoms with Crippen LogP contribution in [-0.4, -0.2) is 24.7 Å². The van der Waals surface area contributed by atoms with Crippen molar-refractivity contribution in [2.45, 2.75) is 31.9 Å². The number of hydrogen-bond donors (Lipinski definition) is 1. The molecule has 18 heavy (non-hydrogen) atoms. The minimum Gasteiger partial charge on any atom is -0.376 e. The van der Waals surface area contributed by atoms with E-state index in [1.54, 1.807) is 0 Å². The molecule has 1 aromatic rings. The molecule has 2 atom stereocenters. The number of ether oxygens (including phenoxy) is 1. The summed E-state index contributed by atoms with van der Waals surface area (Å²) in [6.45, 7) is 2.80. The molecule has 5 heteroatoms. The van der Waals surface area contributed by atoms with Crippen LogP contribution in [0.15, 0.2) is 22.7 Å². The van der Waals surface area contributed by atoms with Crippen LogP contribution in [0.3, 0.4) is 0 Å². The Kier molecular flexibility index (Phi) is 5.03. The number of rotatable bonds is 3. The molecule has 0 saturated carbocycles. The topological polar surface area (TPSA) is 38.3 Å². The summed E-state index contributed by atoms with van der Waals surface area (Å²) in [5.41, 5.74) is 0.673. The summed E-state index contributed by atoms with van der Waals surface area (Å²) < 4.78 is 7.44. The number of halogens is 2. The number of carbonyl (C=O) groups excluding carboxylic acids is 1. The van der Waals surface area contributed by atoms with Crippen molar-refractivity contribution in [2.24, 2.45) is 0 Å². The number of nitrogens with one attached hydrogen (secondary N) is 1. The van der Waals surface area contributed by atoms with Crippen LogP contribution >= 0.6 is 38.5 Å². The van der Waals surface area contributed by atoms with E-state index in [4.69, 9.17) is 4.74 Å². The van der Waals surface area contributed by atoms with Gasteiger partial charge in [-0.2, -0.15) is 0 Å². The normalized spacial score (nSPS) is 20.7. The molecule has 1 aromatic carbocycles. The van der Waals surface area contributed by atoms with E-state index in [-0.39, 0.29) is 18.1 Å². The average Bonchev–Trinajstić information content (AvgIpc) is 2.85. The number of hydrogen-bond acceptors (Lipinski definition) is 2. The van der Waals surface area contributed by atoms with Gasteiger partial charge in [0.25, 0.3) is 5.91 Å². The molecule has 0 aromatic heterocycles. The molecule has 0 aliphatic carbocycles. The summed E-state index contributed by atoms with van der Waals surface area (Å²) in [5.74, 6) is -0.0524. The second-order valence-electron chi connectivity index (χ2n) is 4.44. The summed E-state index contributed by atoms with van der Waals surface area (Å²) in [5, 5.41) is 3.01. The van der Waals surface area contributed by atoms with Gasteiger partial charge in [-0.3, -0.25) is 4.79 Å². The molecule has 1 fully saturated rings. The van der Waals surface area contributed by atoms with Gasteiger partial charge in [-0.25, -0.2) is 0 Å². The molecule has 1 amide bonds. The first-order valence-corrected chi connectivity index (χ1v) is 7.82. The van der Waals surface area contributed by atoms with Crippen LogP contribution in [0.2, 0.25) is 0 Å². The molecule has 3 nitrogen and oxygen atoms in total. The predicted molar refractivity (Wildman–Crippen MR) is 82.8 cm³/mol. The van der Waals surface area contributed by atoms with Crippen molar-refractivity contribution in [1.82, 2.24) is 5.32 Å². The molecular weight excluding hydrogens is 409 g/mol. The lowest BCUT2D eigenvalue weighted by molar-refractivity contribution is 0.0712. The SMILES string of the molecule is CC(NC(=O)c1cc(I)ccc1Br)C1CCCO1. The Hall–Kier alpha value is -0.140. The van der Waals surface area contributed by atoms with Crippen molar-refractivity contribution in [3.05, 3.63) is 31.8 Å². The highest BCUT2D eigenvalue weighted by Crippen LogP contribution is 2.20. The van der Waals surface area contributed by atoms with E-state index < -0.39 is 0 Å². The zero-order valence-corrected chi connectivity index (χ0v) is 13.8. The number of amides is 1. The molecule has 1 aliphatic heterocycles. The lowest BCUT2D eigenvalue weighted by atomic mass is 10.1. The van der Waals surface area contributed by atoms with Crippen LogP contribution in [0.25, 0.3) is 0 Å². The number of carbonyl (C=O) groups is 1. The van der Waals surface area contributed by atoms with Gasteiger partial charge in [0.2, 0.25) is 0 Å². The third-order valence-corrected chi connectivity index (χ3v) is 4.42. The molecule has 0 bridgehead atoms. The van der Waals surface area contributed by atoms with E-state index in [1.165, 1.54) is 0 Å². The smallest absolute Gasteiger partial charge is 0.252 e. The Morgan fingerprint density at radius 1 is 1.61 bits per heavy atom. The highest BCUT2D eigenvalue weighted by atomic mass is 127. The summed E-state index contributed by atoms with van der Waals surface area (Å²) in [7, 11) is 0. The minimum absolute atomic E-state index is 0.0461. The highest BCUT2D eigenvalue weighted by Gasteiger charge is 2.24. The van der Waals surface area contributed by atoms with E-state index in [1.807, 2.05) is 25.1 Å². The fourth-order valence-electron chi connectivity index (χ4n) is 2.05. The minimum atomic E-state index is -0.0524. The Bertz CT molecular complexity index is 447. The van der Waals surface area contributed by atoms with E-state index in [0.717, 1.165) is 27.5 Å². The predicted octanol–water partition coefficient (Wildman–Crippen LogP) is 3.35. The van der Waals surface area contributed by atoms with Gasteiger partial charge in [0, 0.05) is 14.6 Å². The van der Waals surface area contributed by atoms with Crippen molar-refractivity contribution in [1.29, 1.82) is 0 Å².